The highest BCUT2D eigenvalue weighted by molar-refractivity contribution is 5.94. The van der Waals surface area contributed by atoms with Gasteiger partial charge in [0.15, 0.2) is 5.78 Å². The highest BCUT2D eigenvalue weighted by atomic mass is 16.6. The molecule has 0 radical (unpaired) electrons. The summed E-state index contributed by atoms with van der Waals surface area (Å²) in [5, 5.41) is 10.6. The lowest BCUT2D eigenvalue weighted by Crippen LogP contribution is -1.99. The fraction of sp³-hybridized carbons (Fsp3) is 0.364. The van der Waals surface area contributed by atoms with Crippen molar-refractivity contribution in [2.24, 2.45) is 0 Å². The van der Waals surface area contributed by atoms with E-state index in [2.05, 4.69) is 0 Å². The molecule has 0 aliphatic heterocycles. The quantitative estimate of drug-likeness (QED) is 0.435. The second kappa shape index (κ2) is 4.21. The number of Topliss-reactive ketones (excluding diaryl/α,β-unsaturated/α-hetero) is 1. The topological polar surface area (TPSA) is 60.2 Å². The van der Waals surface area contributed by atoms with E-state index in [-0.39, 0.29) is 17.4 Å². The predicted octanol–water partition coefficient (Wildman–Crippen LogP) is 2.92. The van der Waals surface area contributed by atoms with Crippen LogP contribution in [0.5, 0.6) is 0 Å². The number of ketones is 1. The Hall–Kier alpha value is -1.71. The van der Waals surface area contributed by atoms with Gasteiger partial charge in [-0.2, -0.15) is 0 Å². The SMILES string of the molecule is CC(=O)c1cc(C(C)C)cc([N+](=O)[O-])c1. The molecule has 15 heavy (non-hydrogen) atoms. The lowest BCUT2D eigenvalue weighted by molar-refractivity contribution is -0.384. The van der Waals surface area contributed by atoms with Gasteiger partial charge in [0.1, 0.15) is 0 Å². The van der Waals surface area contributed by atoms with Crippen molar-refractivity contribution in [2.75, 3.05) is 0 Å². The first-order chi connectivity index (χ1) is 6.91. The van der Waals surface area contributed by atoms with Gasteiger partial charge in [-0.25, -0.2) is 0 Å². The van der Waals surface area contributed by atoms with E-state index in [1.54, 1.807) is 6.07 Å². The molecule has 4 nitrogen and oxygen atoms in total. The van der Waals surface area contributed by atoms with E-state index in [0.29, 0.717) is 5.56 Å². The first kappa shape index (κ1) is 11.4. The number of hydrogen-bond donors (Lipinski definition) is 0. The third kappa shape index (κ3) is 2.62. The minimum Gasteiger partial charge on any atom is -0.295 e. The first-order valence-electron chi connectivity index (χ1n) is 4.72. The van der Waals surface area contributed by atoms with Gasteiger partial charge in [-0.05, 0) is 24.5 Å². The molecule has 0 heterocycles. The van der Waals surface area contributed by atoms with Gasteiger partial charge in [0.05, 0.1) is 4.92 Å². The zero-order chi connectivity index (χ0) is 11.6. The molecule has 0 saturated carbocycles. The van der Waals surface area contributed by atoms with Crippen molar-refractivity contribution in [3.63, 3.8) is 0 Å². The molecule has 0 unspecified atom stereocenters. The lowest BCUT2D eigenvalue weighted by Gasteiger charge is -2.06. The van der Waals surface area contributed by atoms with Crippen molar-refractivity contribution in [2.45, 2.75) is 26.7 Å². The van der Waals surface area contributed by atoms with Crippen LogP contribution in [-0.2, 0) is 0 Å². The summed E-state index contributed by atoms with van der Waals surface area (Å²) in [6.07, 6.45) is 0. The lowest BCUT2D eigenvalue weighted by atomic mass is 9.98. The molecule has 80 valence electrons. The Morgan fingerprint density at radius 3 is 2.33 bits per heavy atom. The second-order valence-corrected chi connectivity index (χ2v) is 3.78. The van der Waals surface area contributed by atoms with Crippen LogP contribution in [0.15, 0.2) is 18.2 Å². The summed E-state index contributed by atoms with van der Waals surface area (Å²) >= 11 is 0. The van der Waals surface area contributed by atoms with Crippen LogP contribution in [0.1, 0.15) is 42.6 Å². The van der Waals surface area contributed by atoms with Crippen LogP contribution >= 0.6 is 0 Å². The number of carbonyl (C=O) groups excluding carboxylic acids is 1. The smallest absolute Gasteiger partial charge is 0.270 e. The molecule has 1 aromatic rings. The average Bonchev–Trinajstić information content (AvgIpc) is 2.16. The fourth-order valence-corrected chi connectivity index (χ4v) is 1.28. The third-order valence-corrected chi connectivity index (χ3v) is 2.22. The third-order valence-electron chi connectivity index (χ3n) is 2.22. The molecule has 4 heteroatoms. The molecular formula is C11H13NO3. The monoisotopic (exact) mass is 207 g/mol. The number of benzene rings is 1. The summed E-state index contributed by atoms with van der Waals surface area (Å²) in [5.41, 5.74) is 1.19. The Balaban J connectivity index is 3.32. The predicted molar refractivity (Wildman–Crippen MR) is 57.2 cm³/mol. The Bertz CT molecular complexity index is 378. The van der Waals surface area contributed by atoms with Crippen molar-refractivity contribution >= 4 is 11.5 Å². The number of hydrogen-bond acceptors (Lipinski definition) is 3. The van der Waals surface area contributed by atoms with Crippen LogP contribution in [0.25, 0.3) is 0 Å². The molecule has 0 atom stereocenters. The largest absolute Gasteiger partial charge is 0.295 e. The van der Waals surface area contributed by atoms with E-state index in [1.165, 1.54) is 19.1 Å². The molecule has 0 N–H and O–H groups in total. The zero-order valence-electron chi connectivity index (χ0n) is 8.98. The van der Waals surface area contributed by atoms with Gasteiger partial charge in [-0.3, -0.25) is 14.9 Å². The van der Waals surface area contributed by atoms with Gasteiger partial charge in [0.2, 0.25) is 0 Å². The van der Waals surface area contributed by atoms with Crippen molar-refractivity contribution in [1.82, 2.24) is 0 Å². The molecule has 0 spiro atoms. The van der Waals surface area contributed by atoms with Crippen molar-refractivity contribution < 1.29 is 9.72 Å². The molecule has 0 aliphatic carbocycles. The molecule has 0 bridgehead atoms. The molecular weight excluding hydrogens is 194 g/mol. The minimum absolute atomic E-state index is 0.0219. The fourth-order valence-electron chi connectivity index (χ4n) is 1.28. The summed E-state index contributed by atoms with van der Waals surface area (Å²) < 4.78 is 0. The van der Waals surface area contributed by atoms with Gasteiger partial charge in [0.25, 0.3) is 5.69 Å². The summed E-state index contributed by atoms with van der Waals surface area (Å²) in [4.78, 5) is 21.3. The normalized spacial score (nSPS) is 10.4. The standard InChI is InChI=1S/C11H13NO3/c1-7(2)9-4-10(8(3)13)6-11(5-9)12(14)15/h4-7H,1-3H3. The van der Waals surface area contributed by atoms with E-state index < -0.39 is 4.92 Å². The first-order valence-corrected chi connectivity index (χ1v) is 4.72. The van der Waals surface area contributed by atoms with Crippen molar-refractivity contribution in [3.8, 4) is 0 Å². The van der Waals surface area contributed by atoms with E-state index in [0.717, 1.165) is 5.56 Å². The van der Waals surface area contributed by atoms with Crippen LogP contribution in [0.3, 0.4) is 0 Å². The van der Waals surface area contributed by atoms with Gasteiger partial charge < -0.3 is 0 Å². The second-order valence-electron chi connectivity index (χ2n) is 3.78. The van der Waals surface area contributed by atoms with Gasteiger partial charge in [-0.1, -0.05) is 13.8 Å². The summed E-state index contributed by atoms with van der Waals surface area (Å²) in [6.45, 7) is 5.27. The Morgan fingerprint density at radius 1 is 1.33 bits per heavy atom. The maximum Gasteiger partial charge on any atom is 0.270 e. The highest BCUT2D eigenvalue weighted by Crippen LogP contribution is 2.23. The Labute approximate surface area is 88.1 Å². The van der Waals surface area contributed by atoms with Gasteiger partial charge >= 0.3 is 0 Å². The number of nitro groups is 1. The molecule has 0 aliphatic rings. The highest BCUT2D eigenvalue weighted by Gasteiger charge is 2.13. The van der Waals surface area contributed by atoms with Gasteiger partial charge in [0, 0.05) is 17.7 Å². The molecule has 0 fully saturated rings. The Kier molecular flexibility index (Phi) is 3.19. The number of nitrogens with zero attached hydrogens (tertiary/aromatic N) is 1. The molecule has 1 rings (SSSR count). The summed E-state index contributed by atoms with van der Waals surface area (Å²) in [5.74, 6) is 0.0172. The van der Waals surface area contributed by atoms with Crippen LogP contribution in [-0.4, -0.2) is 10.7 Å². The minimum atomic E-state index is -0.474. The van der Waals surface area contributed by atoms with E-state index in [1.807, 2.05) is 13.8 Å². The average molecular weight is 207 g/mol. The van der Waals surface area contributed by atoms with Crippen molar-refractivity contribution in [3.05, 3.63) is 39.4 Å². The van der Waals surface area contributed by atoms with Crippen LogP contribution in [0.4, 0.5) is 5.69 Å². The summed E-state index contributed by atoms with van der Waals surface area (Å²) in [6, 6.07) is 4.53. The maximum absolute atomic E-state index is 11.2. The van der Waals surface area contributed by atoms with E-state index in [9.17, 15) is 14.9 Å². The Morgan fingerprint density at radius 2 is 1.93 bits per heavy atom. The number of carbonyl (C=O) groups is 1. The van der Waals surface area contributed by atoms with E-state index >= 15 is 0 Å². The van der Waals surface area contributed by atoms with Crippen LogP contribution < -0.4 is 0 Å². The molecule has 0 aromatic heterocycles. The van der Waals surface area contributed by atoms with Crippen molar-refractivity contribution in [1.29, 1.82) is 0 Å². The molecule has 1 aromatic carbocycles. The number of non-ortho nitro benzene ring substituents is 1. The van der Waals surface area contributed by atoms with Crippen LogP contribution in [0, 0.1) is 10.1 Å². The summed E-state index contributed by atoms with van der Waals surface area (Å²) in [7, 11) is 0. The van der Waals surface area contributed by atoms with Crippen LogP contribution in [0.2, 0.25) is 0 Å². The zero-order valence-corrected chi connectivity index (χ0v) is 8.98. The molecule has 0 saturated heterocycles. The molecule has 0 amide bonds. The number of rotatable bonds is 3. The number of nitro benzene ring substituents is 1. The van der Waals surface area contributed by atoms with E-state index in [4.69, 9.17) is 0 Å². The van der Waals surface area contributed by atoms with Gasteiger partial charge in [-0.15, -0.1) is 0 Å². The maximum atomic E-state index is 11.2.